The summed E-state index contributed by atoms with van der Waals surface area (Å²) in [4.78, 5) is 11.2. The summed E-state index contributed by atoms with van der Waals surface area (Å²) >= 11 is 0. The van der Waals surface area contributed by atoms with Crippen LogP contribution in [0.25, 0.3) is 0 Å². The van der Waals surface area contributed by atoms with Crippen molar-refractivity contribution in [1.82, 2.24) is 4.31 Å². The van der Waals surface area contributed by atoms with Gasteiger partial charge in [-0.1, -0.05) is 13.8 Å². The van der Waals surface area contributed by atoms with Gasteiger partial charge in [0, 0.05) is 20.1 Å². The van der Waals surface area contributed by atoms with Gasteiger partial charge in [0.2, 0.25) is 10.0 Å². The van der Waals surface area contributed by atoms with Crippen molar-refractivity contribution in [3.63, 3.8) is 0 Å². The molecule has 0 spiro atoms. The SMILES string of the molecule is CCC(CC)S(=O)(=O)N1CCC(OC)(C(=O)O)C1. The number of sulfonamides is 1. The summed E-state index contributed by atoms with van der Waals surface area (Å²) < 4.78 is 30.9. The van der Waals surface area contributed by atoms with E-state index >= 15 is 0 Å². The number of carboxylic acid groups (broad SMARTS) is 1. The van der Waals surface area contributed by atoms with Gasteiger partial charge in [-0.3, -0.25) is 0 Å². The van der Waals surface area contributed by atoms with E-state index in [0.717, 1.165) is 0 Å². The van der Waals surface area contributed by atoms with Crippen LogP contribution in [0.15, 0.2) is 0 Å². The molecule has 1 N–H and O–H groups in total. The summed E-state index contributed by atoms with van der Waals surface area (Å²) in [6.45, 7) is 3.75. The summed E-state index contributed by atoms with van der Waals surface area (Å²) in [7, 11) is -2.12. The second-order valence-corrected chi connectivity index (χ2v) is 6.78. The van der Waals surface area contributed by atoms with E-state index in [0.29, 0.717) is 12.8 Å². The van der Waals surface area contributed by atoms with Crippen molar-refractivity contribution < 1.29 is 23.1 Å². The van der Waals surface area contributed by atoms with Crippen molar-refractivity contribution in [2.24, 2.45) is 0 Å². The van der Waals surface area contributed by atoms with Crippen LogP contribution in [0.3, 0.4) is 0 Å². The average Bonchev–Trinajstić information content (AvgIpc) is 2.76. The maximum absolute atomic E-state index is 12.3. The standard InChI is InChI=1S/C11H21NO5S/c1-4-9(5-2)18(15,16)12-7-6-11(8-12,17-3)10(13)14/h9H,4-8H2,1-3H3,(H,13,14). The molecule has 0 saturated carbocycles. The van der Waals surface area contributed by atoms with Gasteiger partial charge in [-0.25, -0.2) is 13.2 Å². The number of carbonyl (C=O) groups is 1. The molecule has 1 fully saturated rings. The molecule has 0 radical (unpaired) electrons. The molecule has 106 valence electrons. The zero-order valence-electron chi connectivity index (χ0n) is 11.0. The van der Waals surface area contributed by atoms with Crippen LogP contribution in [0.2, 0.25) is 0 Å². The van der Waals surface area contributed by atoms with Crippen molar-refractivity contribution >= 4 is 16.0 Å². The minimum atomic E-state index is -3.43. The highest BCUT2D eigenvalue weighted by Crippen LogP contribution is 2.29. The predicted molar refractivity (Wildman–Crippen MR) is 66.9 cm³/mol. The molecule has 1 unspecified atom stereocenters. The molecule has 0 aromatic rings. The molecule has 1 saturated heterocycles. The third kappa shape index (κ3) is 2.53. The van der Waals surface area contributed by atoms with E-state index < -0.39 is 26.8 Å². The molecule has 0 amide bonds. The van der Waals surface area contributed by atoms with Gasteiger partial charge >= 0.3 is 5.97 Å². The quantitative estimate of drug-likeness (QED) is 0.773. The van der Waals surface area contributed by atoms with E-state index in [1.165, 1.54) is 11.4 Å². The molecule has 18 heavy (non-hydrogen) atoms. The Morgan fingerprint density at radius 3 is 2.33 bits per heavy atom. The largest absolute Gasteiger partial charge is 0.479 e. The summed E-state index contributed by atoms with van der Waals surface area (Å²) in [5.41, 5.74) is -1.39. The Kier molecular flexibility index (Phi) is 4.74. The van der Waals surface area contributed by atoms with Gasteiger partial charge in [0.05, 0.1) is 11.8 Å². The number of methoxy groups -OCH3 is 1. The van der Waals surface area contributed by atoms with Crippen LogP contribution in [0.4, 0.5) is 0 Å². The number of rotatable bonds is 6. The molecule has 6 nitrogen and oxygen atoms in total. The minimum absolute atomic E-state index is 0.0995. The Morgan fingerprint density at radius 2 is 2.00 bits per heavy atom. The van der Waals surface area contributed by atoms with E-state index in [2.05, 4.69) is 0 Å². The Bertz CT molecular complexity index is 404. The third-order valence-corrected chi connectivity index (χ3v) is 6.21. The normalized spacial score (nSPS) is 25.8. The molecular formula is C11H21NO5S. The highest BCUT2D eigenvalue weighted by Gasteiger charge is 2.49. The zero-order chi connectivity index (χ0) is 14.0. The molecule has 7 heteroatoms. The predicted octanol–water partition coefficient (Wildman–Crippen LogP) is 0.680. The first-order chi connectivity index (χ1) is 8.34. The summed E-state index contributed by atoms with van der Waals surface area (Å²) in [6, 6.07) is 0. The molecule has 1 rings (SSSR count). The average molecular weight is 279 g/mol. The summed E-state index contributed by atoms with van der Waals surface area (Å²) in [5.74, 6) is -1.10. The zero-order valence-corrected chi connectivity index (χ0v) is 11.9. The minimum Gasteiger partial charge on any atom is -0.479 e. The molecule has 0 aliphatic carbocycles. The van der Waals surface area contributed by atoms with Gasteiger partial charge in [-0.05, 0) is 12.8 Å². The molecule has 0 bridgehead atoms. The Morgan fingerprint density at radius 1 is 1.44 bits per heavy atom. The van der Waals surface area contributed by atoms with Gasteiger partial charge in [-0.2, -0.15) is 4.31 Å². The second kappa shape index (κ2) is 5.54. The van der Waals surface area contributed by atoms with Crippen molar-refractivity contribution in [2.75, 3.05) is 20.2 Å². The Hall–Kier alpha value is -0.660. The van der Waals surface area contributed by atoms with Crippen LogP contribution in [-0.4, -0.2) is 54.8 Å². The van der Waals surface area contributed by atoms with E-state index in [9.17, 15) is 13.2 Å². The van der Waals surface area contributed by atoms with Crippen LogP contribution >= 0.6 is 0 Å². The monoisotopic (exact) mass is 279 g/mol. The number of hydrogen-bond donors (Lipinski definition) is 1. The van der Waals surface area contributed by atoms with E-state index in [1.807, 2.05) is 13.8 Å². The molecule has 1 heterocycles. The maximum atomic E-state index is 12.3. The van der Waals surface area contributed by atoms with Crippen molar-refractivity contribution in [3.8, 4) is 0 Å². The van der Waals surface area contributed by atoms with Gasteiger partial charge < -0.3 is 9.84 Å². The summed E-state index contributed by atoms with van der Waals surface area (Å²) in [5, 5.41) is 8.71. The van der Waals surface area contributed by atoms with Crippen molar-refractivity contribution in [2.45, 2.75) is 44.0 Å². The lowest BCUT2D eigenvalue weighted by Crippen LogP contribution is -2.45. The fourth-order valence-electron chi connectivity index (χ4n) is 2.31. The Labute approximate surface area is 108 Å². The number of aliphatic carboxylic acids is 1. The fraction of sp³-hybridized carbons (Fsp3) is 0.909. The van der Waals surface area contributed by atoms with E-state index in [4.69, 9.17) is 9.84 Å². The first-order valence-corrected chi connectivity index (χ1v) is 7.62. The lowest BCUT2D eigenvalue weighted by Gasteiger charge is -2.25. The lowest BCUT2D eigenvalue weighted by atomic mass is 10.0. The topological polar surface area (TPSA) is 83.9 Å². The fourth-order valence-corrected chi connectivity index (χ4v) is 4.31. The summed E-state index contributed by atoms with van der Waals surface area (Å²) in [6.07, 6.45) is 1.25. The molecule has 1 atom stereocenters. The number of hydrogen-bond acceptors (Lipinski definition) is 4. The number of ether oxygens (including phenoxy) is 1. The van der Waals surface area contributed by atoms with Crippen LogP contribution in [0, 0.1) is 0 Å². The van der Waals surface area contributed by atoms with Gasteiger partial charge in [0.1, 0.15) is 0 Å². The molecular weight excluding hydrogens is 258 g/mol. The van der Waals surface area contributed by atoms with Gasteiger partial charge in [0.25, 0.3) is 0 Å². The van der Waals surface area contributed by atoms with E-state index in [-0.39, 0.29) is 19.5 Å². The van der Waals surface area contributed by atoms with Crippen LogP contribution in [0.5, 0.6) is 0 Å². The highest BCUT2D eigenvalue weighted by molar-refractivity contribution is 7.89. The first kappa shape index (κ1) is 15.4. The van der Waals surface area contributed by atoms with Gasteiger partial charge in [-0.15, -0.1) is 0 Å². The number of carboxylic acids is 1. The van der Waals surface area contributed by atoms with Crippen molar-refractivity contribution in [3.05, 3.63) is 0 Å². The third-order valence-electron chi connectivity index (χ3n) is 3.67. The number of nitrogens with zero attached hydrogens (tertiary/aromatic N) is 1. The Balaban J connectivity index is 2.93. The highest BCUT2D eigenvalue weighted by atomic mass is 32.2. The van der Waals surface area contributed by atoms with Crippen LogP contribution < -0.4 is 0 Å². The van der Waals surface area contributed by atoms with Crippen molar-refractivity contribution in [1.29, 1.82) is 0 Å². The first-order valence-electron chi connectivity index (χ1n) is 6.11. The molecule has 0 aromatic heterocycles. The second-order valence-electron chi connectivity index (χ2n) is 4.57. The lowest BCUT2D eigenvalue weighted by molar-refractivity contribution is -0.160. The maximum Gasteiger partial charge on any atom is 0.337 e. The van der Waals surface area contributed by atoms with Gasteiger partial charge in [0.15, 0.2) is 5.60 Å². The van der Waals surface area contributed by atoms with E-state index in [1.54, 1.807) is 0 Å². The smallest absolute Gasteiger partial charge is 0.337 e. The van der Waals surface area contributed by atoms with Crippen LogP contribution in [0.1, 0.15) is 33.1 Å². The molecule has 1 aliphatic rings. The molecule has 0 aromatic carbocycles. The van der Waals surface area contributed by atoms with Crippen LogP contribution in [-0.2, 0) is 19.6 Å². The molecule has 1 aliphatic heterocycles.